The Labute approximate surface area is 179 Å². The molecule has 1 aliphatic rings. The molecule has 1 aliphatic heterocycles. The van der Waals surface area contributed by atoms with Crippen LogP contribution in [0.3, 0.4) is 0 Å². The zero-order valence-corrected chi connectivity index (χ0v) is 18.6. The predicted molar refractivity (Wildman–Crippen MR) is 120 cm³/mol. The molecule has 0 bridgehead atoms. The quantitative estimate of drug-likeness (QED) is 0.640. The van der Waals surface area contributed by atoms with Crippen LogP contribution < -0.4 is 16.3 Å². The number of Topliss-reactive ketones (excluding diaryl/α,β-unsaturated/α-hetero) is 1. The minimum atomic E-state index is -0.433. The molecule has 0 saturated heterocycles. The summed E-state index contributed by atoms with van der Waals surface area (Å²) in [6.07, 6.45) is 0. The fourth-order valence-corrected chi connectivity index (χ4v) is 3.98. The van der Waals surface area contributed by atoms with Crippen LogP contribution in [-0.2, 0) is 18.4 Å². The number of aryl methyl sites for hydroxylation is 3. The molecule has 9 heteroatoms. The molecule has 0 fully saturated rings. The molecule has 4 rings (SSSR count). The van der Waals surface area contributed by atoms with Gasteiger partial charge >= 0.3 is 5.69 Å². The number of carbonyl (C=O) groups is 1. The molecular weight excluding hydrogens is 396 g/mol. The molecule has 3 heterocycles. The van der Waals surface area contributed by atoms with Crippen LogP contribution in [0.5, 0.6) is 0 Å². The Hall–Kier alpha value is -3.49. The Morgan fingerprint density at radius 1 is 1.16 bits per heavy atom. The van der Waals surface area contributed by atoms with E-state index >= 15 is 0 Å². The van der Waals surface area contributed by atoms with Crippen molar-refractivity contribution < 1.29 is 4.79 Å². The summed E-state index contributed by atoms with van der Waals surface area (Å²) in [4.78, 5) is 43.0. The highest BCUT2D eigenvalue weighted by molar-refractivity contribution is 5.92. The Balaban J connectivity index is 1.99. The average Bonchev–Trinajstić information content (AvgIpc) is 3.11. The van der Waals surface area contributed by atoms with Gasteiger partial charge in [-0.25, -0.2) is 9.80 Å². The summed E-state index contributed by atoms with van der Waals surface area (Å²) in [5.41, 5.74) is 3.53. The Morgan fingerprint density at radius 2 is 1.87 bits per heavy atom. The predicted octanol–water partition coefficient (Wildman–Crippen LogP) is 1.91. The van der Waals surface area contributed by atoms with E-state index in [0.29, 0.717) is 11.5 Å². The Bertz CT molecular complexity index is 1370. The number of hydrazone groups is 1. The van der Waals surface area contributed by atoms with Gasteiger partial charge in [-0.05, 0) is 45.7 Å². The summed E-state index contributed by atoms with van der Waals surface area (Å²) in [5.74, 6) is 0.311. The maximum atomic E-state index is 13.6. The van der Waals surface area contributed by atoms with Crippen LogP contribution in [0.2, 0.25) is 0 Å². The van der Waals surface area contributed by atoms with Crippen LogP contribution in [0.4, 0.5) is 5.95 Å². The largest absolute Gasteiger partial charge is 0.332 e. The van der Waals surface area contributed by atoms with Crippen LogP contribution in [0, 0.1) is 13.8 Å². The molecule has 0 aliphatic carbocycles. The summed E-state index contributed by atoms with van der Waals surface area (Å²) in [7, 11) is 1.61. The highest BCUT2D eigenvalue weighted by atomic mass is 16.2. The standard InChI is InChI=1S/C22H26N6O3/c1-12-7-8-13(2)17(9-12)11-26-20(30)18-19(25(6)22(26)31)23-21-27(10-14(3)29)24-15(4)16(5)28(18)21/h7-9,16H,10-11H2,1-6H3. The second-order valence-corrected chi connectivity index (χ2v) is 8.29. The van der Waals surface area contributed by atoms with Crippen molar-refractivity contribution in [2.75, 3.05) is 11.6 Å². The molecule has 3 aromatic rings. The van der Waals surface area contributed by atoms with Crippen molar-refractivity contribution in [2.24, 2.45) is 12.1 Å². The molecule has 31 heavy (non-hydrogen) atoms. The third kappa shape index (κ3) is 3.30. The van der Waals surface area contributed by atoms with E-state index in [1.54, 1.807) is 11.6 Å². The highest BCUT2D eigenvalue weighted by Gasteiger charge is 2.31. The molecule has 0 radical (unpaired) electrons. The molecule has 1 unspecified atom stereocenters. The number of hydrogen-bond donors (Lipinski definition) is 0. The van der Waals surface area contributed by atoms with Gasteiger partial charge in [0.15, 0.2) is 16.9 Å². The molecule has 162 valence electrons. The number of carbonyl (C=O) groups excluding carboxylic acids is 1. The number of hydrogen-bond acceptors (Lipinski definition) is 6. The number of nitrogens with zero attached hydrogens (tertiary/aromatic N) is 6. The summed E-state index contributed by atoms with van der Waals surface area (Å²) >= 11 is 0. The third-order valence-corrected chi connectivity index (χ3v) is 5.86. The second kappa shape index (κ2) is 7.33. The lowest BCUT2D eigenvalue weighted by molar-refractivity contribution is -0.115. The van der Waals surface area contributed by atoms with E-state index in [9.17, 15) is 14.4 Å². The molecule has 2 aromatic heterocycles. The van der Waals surface area contributed by atoms with E-state index in [1.807, 2.05) is 45.9 Å². The third-order valence-electron chi connectivity index (χ3n) is 5.86. The summed E-state index contributed by atoms with van der Waals surface area (Å²) in [6, 6.07) is 5.75. The summed E-state index contributed by atoms with van der Waals surface area (Å²) in [6.45, 7) is 9.41. The number of imidazole rings is 1. The average molecular weight is 422 g/mol. The van der Waals surface area contributed by atoms with Crippen molar-refractivity contribution in [1.82, 2.24) is 18.7 Å². The van der Waals surface area contributed by atoms with Gasteiger partial charge < -0.3 is 0 Å². The van der Waals surface area contributed by atoms with E-state index in [4.69, 9.17) is 0 Å². The van der Waals surface area contributed by atoms with Gasteiger partial charge in [0.05, 0.1) is 18.3 Å². The van der Waals surface area contributed by atoms with E-state index in [-0.39, 0.29) is 30.6 Å². The number of ketones is 1. The molecule has 0 spiro atoms. The molecule has 0 N–H and O–H groups in total. The topological polar surface area (TPSA) is 94.5 Å². The van der Waals surface area contributed by atoms with E-state index in [1.165, 1.54) is 21.1 Å². The van der Waals surface area contributed by atoms with Crippen molar-refractivity contribution >= 4 is 28.6 Å². The first-order valence-electron chi connectivity index (χ1n) is 10.2. The van der Waals surface area contributed by atoms with Crippen LogP contribution in [-0.4, -0.2) is 36.7 Å². The zero-order chi connectivity index (χ0) is 22.6. The molecule has 0 amide bonds. The van der Waals surface area contributed by atoms with Gasteiger partial charge in [-0.2, -0.15) is 10.1 Å². The molecule has 9 nitrogen and oxygen atoms in total. The van der Waals surface area contributed by atoms with Gasteiger partial charge in [0.25, 0.3) is 5.56 Å². The van der Waals surface area contributed by atoms with Gasteiger partial charge in [0.2, 0.25) is 5.95 Å². The maximum Gasteiger partial charge on any atom is 0.332 e. The fourth-order valence-electron chi connectivity index (χ4n) is 3.98. The maximum absolute atomic E-state index is 13.6. The van der Waals surface area contributed by atoms with Crippen molar-refractivity contribution in [3.63, 3.8) is 0 Å². The van der Waals surface area contributed by atoms with Gasteiger partial charge in [-0.15, -0.1) is 0 Å². The molecule has 1 aromatic carbocycles. The molecular formula is C22H26N6O3. The first kappa shape index (κ1) is 20.8. The lowest BCUT2D eigenvalue weighted by atomic mass is 10.1. The number of rotatable bonds is 4. The number of aromatic nitrogens is 4. The van der Waals surface area contributed by atoms with Crippen molar-refractivity contribution in [1.29, 1.82) is 0 Å². The molecule has 0 saturated carbocycles. The summed E-state index contributed by atoms with van der Waals surface area (Å²) < 4.78 is 4.42. The number of benzene rings is 1. The number of anilines is 1. The molecule has 1 atom stereocenters. The fraction of sp³-hybridized carbons (Fsp3) is 0.409. The van der Waals surface area contributed by atoms with Gasteiger partial charge in [0, 0.05) is 7.05 Å². The first-order chi connectivity index (χ1) is 14.6. The van der Waals surface area contributed by atoms with Crippen LogP contribution >= 0.6 is 0 Å². The van der Waals surface area contributed by atoms with Crippen LogP contribution in [0.1, 0.15) is 43.5 Å². The lowest BCUT2D eigenvalue weighted by Crippen LogP contribution is -2.41. The Morgan fingerprint density at radius 3 is 2.55 bits per heavy atom. The first-order valence-corrected chi connectivity index (χ1v) is 10.2. The van der Waals surface area contributed by atoms with E-state index in [2.05, 4.69) is 10.1 Å². The minimum Gasteiger partial charge on any atom is -0.298 e. The van der Waals surface area contributed by atoms with E-state index < -0.39 is 11.2 Å². The lowest BCUT2D eigenvalue weighted by Gasteiger charge is -2.28. The van der Waals surface area contributed by atoms with E-state index in [0.717, 1.165) is 22.4 Å². The second-order valence-electron chi connectivity index (χ2n) is 8.29. The minimum absolute atomic E-state index is 0.0397. The van der Waals surface area contributed by atoms with Crippen molar-refractivity contribution in [3.05, 3.63) is 55.7 Å². The highest BCUT2D eigenvalue weighted by Crippen LogP contribution is 2.29. The normalized spacial score (nSPS) is 15.9. The van der Waals surface area contributed by atoms with Crippen molar-refractivity contribution in [2.45, 2.75) is 47.2 Å². The van der Waals surface area contributed by atoms with Gasteiger partial charge in [-0.1, -0.05) is 23.8 Å². The monoisotopic (exact) mass is 422 g/mol. The Kier molecular flexibility index (Phi) is 4.91. The zero-order valence-electron chi connectivity index (χ0n) is 18.6. The number of fused-ring (bicyclic) bond motifs is 3. The SMILES string of the molecule is CC(=O)CN1N=C(C)C(C)n2c1nc1c2c(=O)n(Cc2cc(C)ccc2C)c(=O)n1C. The van der Waals surface area contributed by atoms with Crippen molar-refractivity contribution in [3.8, 4) is 0 Å². The van der Waals surface area contributed by atoms with Gasteiger partial charge in [-0.3, -0.25) is 23.3 Å². The van der Waals surface area contributed by atoms with Crippen LogP contribution in [0.15, 0.2) is 32.9 Å². The summed E-state index contributed by atoms with van der Waals surface area (Å²) in [5, 5.41) is 5.98. The smallest absolute Gasteiger partial charge is 0.298 e. The van der Waals surface area contributed by atoms with Crippen LogP contribution in [0.25, 0.3) is 11.2 Å². The van der Waals surface area contributed by atoms with Gasteiger partial charge in [0.1, 0.15) is 6.54 Å².